The predicted molar refractivity (Wildman–Crippen MR) is 74.2 cm³/mol. The van der Waals surface area contributed by atoms with E-state index in [1.165, 1.54) is 12.8 Å². The first-order valence-electron chi connectivity index (χ1n) is 7.56. The Kier molecular flexibility index (Phi) is 4.00. The Morgan fingerprint density at radius 3 is 2.61 bits per heavy atom. The summed E-state index contributed by atoms with van der Waals surface area (Å²) in [4.78, 5) is 14.7. The molecule has 0 bridgehead atoms. The standard InChI is InChI=1S/C15H28N2O/c1-5-7-12-14(18)17(13(6-2)16-12)11-8-9-15(3,4)10-11/h11-13,16H,5-10H2,1-4H3. The fraction of sp³-hybridized carbons (Fsp3) is 0.933. The van der Waals surface area contributed by atoms with E-state index < -0.39 is 0 Å². The van der Waals surface area contributed by atoms with Crippen LogP contribution in [0.3, 0.4) is 0 Å². The molecule has 0 aromatic rings. The lowest BCUT2D eigenvalue weighted by atomic mass is 9.91. The zero-order valence-electron chi connectivity index (χ0n) is 12.3. The molecular formula is C15H28N2O. The normalized spacial score (nSPS) is 35.4. The zero-order valence-corrected chi connectivity index (χ0v) is 12.3. The molecule has 104 valence electrons. The van der Waals surface area contributed by atoms with Gasteiger partial charge in [0.2, 0.25) is 5.91 Å². The van der Waals surface area contributed by atoms with Gasteiger partial charge in [0.25, 0.3) is 0 Å². The molecule has 1 aliphatic carbocycles. The number of amides is 1. The third-order valence-corrected chi connectivity index (χ3v) is 4.58. The lowest BCUT2D eigenvalue weighted by Crippen LogP contribution is -2.43. The van der Waals surface area contributed by atoms with Gasteiger partial charge in [0.15, 0.2) is 0 Å². The Labute approximate surface area is 111 Å². The van der Waals surface area contributed by atoms with E-state index in [2.05, 4.69) is 37.9 Å². The number of rotatable bonds is 4. The van der Waals surface area contributed by atoms with Crippen molar-refractivity contribution >= 4 is 5.91 Å². The first-order valence-corrected chi connectivity index (χ1v) is 7.56. The van der Waals surface area contributed by atoms with Crippen LogP contribution in [0.15, 0.2) is 0 Å². The summed E-state index contributed by atoms with van der Waals surface area (Å²) >= 11 is 0. The van der Waals surface area contributed by atoms with E-state index in [-0.39, 0.29) is 12.2 Å². The molecule has 2 fully saturated rings. The third kappa shape index (κ3) is 2.56. The van der Waals surface area contributed by atoms with Gasteiger partial charge in [0.05, 0.1) is 12.2 Å². The molecule has 1 aliphatic heterocycles. The number of nitrogens with zero attached hydrogens (tertiary/aromatic N) is 1. The Hall–Kier alpha value is -0.570. The van der Waals surface area contributed by atoms with Crippen LogP contribution in [0.5, 0.6) is 0 Å². The molecule has 0 aromatic heterocycles. The van der Waals surface area contributed by atoms with Gasteiger partial charge in [-0.05, 0) is 37.5 Å². The lowest BCUT2D eigenvalue weighted by Gasteiger charge is -2.30. The molecule has 1 N–H and O–H groups in total. The van der Waals surface area contributed by atoms with Crippen LogP contribution in [-0.2, 0) is 4.79 Å². The van der Waals surface area contributed by atoms with Crippen LogP contribution in [0, 0.1) is 5.41 Å². The second-order valence-electron chi connectivity index (χ2n) is 6.74. The second-order valence-corrected chi connectivity index (χ2v) is 6.74. The van der Waals surface area contributed by atoms with Crippen LogP contribution in [0.4, 0.5) is 0 Å². The SMILES string of the molecule is CCCC1NC(CC)N(C2CCC(C)(C)C2)C1=O. The summed E-state index contributed by atoms with van der Waals surface area (Å²) in [6, 6.07) is 0.537. The van der Waals surface area contributed by atoms with Crippen molar-refractivity contribution in [3.63, 3.8) is 0 Å². The van der Waals surface area contributed by atoms with Gasteiger partial charge in [0, 0.05) is 6.04 Å². The van der Waals surface area contributed by atoms with Crippen molar-refractivity contribution in [3.05, 3.63) is 0 Å². The van der Waals surface area contributed by atoms with Crippen molar-refractivity contribution in [1.29, 1.82) is 0 Å². The lowest BCUT2D eigenvalue weighted by molar-refractivity contribution is -0.132. The summed E-state index contributed by atoms with van der Waals surface area (Å²) in [5.74, 6) is 0.353. The maximum absolute atomic E-state index is 12.5. The van der Waals surface area contributed by atoms with Crippen LogP contribution in [-0.4, -0.2) is 29.1 Å². The molecular weight excluding hydrogens is 224 g/mol. The van der Waals surface area contributed by atoms with Crippen LogP contribution in [0.2, 0.25) is 0 Å². The van der Waals surface area contributed by atoms with E-state index >= 15 is 0 Å². The number of carbonyl (C=O) groups is 1. The van der Waals surface area contributed by atoms with Crippen LogP contribution >= 0.6 is 0 Å². The topological polar surface area (TPSA) is 32.3 Å². The molecule has 2 rings (SSSR count). The first-order chi connectivity index (χ1) is 8.48. The maximum atomic E-state index is 12.5. The van der Waals surface area contributed by atoms with Crippen molar-refractivity contribution < 1.29 is 4.79 Å². The Morgan fingerprint density at radius 2 is 2.11 bits per heavy atom. The van der Waals surface area contributed by atoms with Gasteiger partial charge in [-0.3, -0.25) is 10.1 Å². The summed E-state index contributed by atoms with van der Waals surface area (Å²) in [5, 5.41) is 3.52. The molecule has 0 radical (unpaired) electrons. The fourth-order valence-electron chi connectivity index (χ4n) is 3.60. The van der Waals surface area contributed by atoms with Gasteiger partial charge in [-0.25, -0.2) is 0 Å². The Morgan fingerprint density at radius 1 is 1.39 bits per heavy atom. The smallest absolute Gasteiger partial charge is 0.241 e. The highest BCUT2D eigenvalue weighted by Crippen LogP contribution is 2.41. The molecule has 3 nitrogen and oxygen atoms in total. The van der Waals surface area contributed by atoms with E-state index in [1.54, 1.807) is 0 Å². The van der Waals surface area contributed by atoms with Crippen LogP contribution in [0.25, 0.3) is 0 Å². The monoisotopic (exact) mass is 252 g/mol. The molecule has 0 aromatic carbocycles. The van der Waals surface area contributed by atoms with Crippen molar-refractivity contribution in [3.8, 4) is 0 Å². The Bertz CT molecular complexity index is 314. The third-order valence-electron chi connectivity index (χ3n) is 4.58. The van der Waals surface area contributed by atoms with E-state index in [0.717, 1.165) is 25.7 Å². The average Bonchev–Trinajstić information content (AvgIpc) is 2.81. The minimum absolute atomic E-state index is 0.0728. The molecule has 1 saturated carbocycles. The largest absolute Gasteiger partial charge is 0.323 e. The second kappa shape index (κ2) is 5.20. The fourth-order valence-corrected chi connectivity index (χ4v) is 3.60. The minimum Gasteiger partial charge on any atom is -0.323 e. The summed E-state index contributed by atoms with van der Waals surface area (Å²) < 4.78 is 0. The highest BCUT2D eigenvalue weighted by Gasteiger charge is 2.44. The average molecular weight is 252 g/mol. The highest BCUT2D eigenvalue weighted by atomic mass is 16.2. The quantitative estimate of drug-likeness (QED) is 0.834. The number of hydrogen-bond donors (Lipinski definition) is 1. The van der Waals surface area contributed by atoms with Crippen LogP contribution in [0.1, 0.15) is 66.2 Å². The number of carbonyl (C=O) groups excluding carboxylic acids is 1. The molecule has 3 atom stereocenters. The predicted octanol–water partition coefficient (Wildman–Crippen LogP) is 2.90. The van der Waals surface area contributed by atoms with E-state index in [4.69, 9.17) is 0 Å². The highest BCUT2D eigenvalue weighted by molar-refractivity contribution is 5.84. The van der Waals surface area contributed by atoms with Crippen LogP contribution < -0.4 is 5.32 Å². The van der Waals surface area contributed by atoms with Gasteiger partial charge in [0.1, 0.15) is 0 Å². The van der Waals surface area contributed by atoms with Gasteiger partial charge in [-0.15, -0.1) is 0 Å². The van der Waals surface area contributed by atoms with Crippen molar-refractivity contribution in [2.24, 2.45) is 5.41 Å². The number of hydrogen-bond acceptors (Lipinski definition) is 2. The summed E-state index contributed by atoms with van der Waals surface area (Å²) in [6.45, 7) is 8.97. The summed E-state index contributed by atoms with van der Waals surface area (Å²) in [5.41, 5.74) is 0.409. The maximum Gasteiger partial charge on any atom is 0.241 e. The van der Waals surface area contributed by atoms with Gasteiger partial charge >= 0.3 is 0 Å². The van der Waals surface area contributed by atoms with Crippen molar-refractivity contribution in [2.45, 2.75) is 84.5 Å². The Balaban J connectivity index is 2.08. The molecule has 1 amide bonds. The summed E-state index contributed by atoms with van der Waals surface area (Å²) in [6.07, 6.45) is 6.92. The molecule has 1 saturated heterocycles. The number of nitrogens with one attached hydrogen (secondary N) is 1. The molecule has 0 spiro atoms. The van der Waals surface area contributed by atoms with E-state index in [0.29, 0.717) is 17.4 Å². The molecule has 3 unspecified atom stereocenters. The van der Waals surface area contributed by atoms with Crippen molar-refractivity contribution in [2.75, 3.05) is 0 Å². The van der Waals surface area contributed by atoms with E-state index in [1.807, 2.05) is 0 Å². The molecule has 2 aliphatic rings. The first kappa shape index (κ1) is 13.9. The molecule has 3 heteroatoms. The van der Waals surface area contributed by atoms with Gasteiger partial charge in [-0.1, -0.05) is 34.1 Å². The summed E-state index contributed by atoms with van der Waals surface area (Å²) in [7, 11) is 0. The van der Waals surface area contributed by atoms with E-state index in [9.17, 15) is 4.79 Å². The zero-order chi connectivity index (χ0) is 13.3. The molecule has 1 heterocycles. The van der Waals surface area contributed by atoms with Crippen molar-refractivity contribution in [1.82, 2.24) is 10.2 Å². The van der Waals surface area contributed by atoms with Gasteiger partial charge in [-0.2, -0.15) is 0 Å². The molecule has 18 heavy (non-hydrogen) atoms. The minimum atomic E-state index is 0.0728. The van der Waals surface area contributed by atoms with Gasteiger partial charge < -0.3 is 4.90 Å².